The van der Waals surface area contributed by atoms with E-state index in [1.807, 2.05) is 42.5 Å². The first-order valence-electron chi connectivity index (χ1n) is 10.6. The number of carbonyl (C=O) groups is 1. The van der Waals surface area contributed by atoms with Gasteiger partial charge in [-0.2, -0.15) is 5.10 Å². The molecule has 1 saturated heterocycles. The van der Waals surface area contributed by atoms with E-state index in [0.717, 1.165) is 55.5 Å². The molecule has 2 aromatic carbocycles. The summed E-state index contributed by atoms with van der Waals surface area (Å²) in [6.07, 6.45) is 1.70. The Morgan fingerprint density at radius 1 is 1.06 bits per heavy atom. The van der Waals surface area contributed by atoms with Crippen molar-refractivity contribution < 1.29 is 9.53 Å². The van der Waals surface area contributed by atoms with Crippen LogP contribution in [-0.4, -0.2) is 47.9 Å². The molecule has 0 saturated carbocycles. The van der Waals surface area contributed by atoms with Crippen LogP contribution in [-0.2, 0) is 11.3 Å². The van der Waals surface area contributed by atoms with E-state index in [2.05, 4.69) is 52.0 Å². The highest BCUT2D eigenvalue weighted by molar-refractivity contribution is 5.95. The fourth-order valence-electron chi connectivity index (χ4n) is 3.90. The number of ether oxygens (including phenoxy) is 1. The third kappa shape index (κ3) is 5.10. The zero-order chi connectivity index (χ0) is 21.6. The van der Waals surface area contributed by atoms with E-state index in [1.54, 1.807) is 6.21 Å². The molecule has 0 spiro atoms. The van der Waals surface area contributed by atoms with E-state index in [0.29, 0.717) is 5.56 Å². The number of hydrogen-bond donors (Lipinski definition) is 1. The van der Waals surface area contributed by atoms with Crippen LogP contribution >= 0.6 is 0 Å². The van der Waals surface area contributed by atoms with Gasteiger partial charge >= 0.3 is 0 Å². The summed E-state index contributed by atoms with van der Waals surface area (Å²) < 4.78 is 7.56. The molecule has 2 heterocycles. The van der Waals surface area contributed by atoms with Crippen LogP contribution in [0.4, 0.5) is 0 Å². The van der Waals surface area contributed by atoms with Gasteiger partial charge in [0.05, 0.1) is 19.4 Å². The number of nitrogens with one attached hydrogen (secondary N) is 1. The van der Waals surface area contributed by atoms with Crippen LogP contribution in [0.1, 0.15) is 32.9 Å². The molecule has 1 amide bonds. The lowest BCUT2D eigenvalue weighted by atomic mass is 10.1. The first-order valence-corrected chi connectivity index (χ1v) is 10.6. The monoisotopic (exact) mass is 416 g/mol. The Morgan fingerprint density at radius 3 is 2.48 bits per heavy atom. The maximum atomic E-state index is 12.5. The number of nitrogens with zero attached hydrogens (tertiary/aromatic N) is 3. The van der Waals surface area contributed by atoms with Crippen molar-refractivity contribution in [3.8, 4) is 5.69 Å². The highest BCUT2D eigenvalue weighted by atomic mass is 16.5. The minimum atomic E-state index is -0.217. The number of benzene rings is 2. The summed E-state index contributed by atoms with van der Waals surface area (Å²) in [7, 11) is 0. The van der Waals surface area contributed by atoms with Crippen LogP contribution in [0.3, 0.4) is 0 Å². The quantitative estimate of drug-likeness (QED) is 0.493. The SMILES string of the molecule is Cc1cc(/C=N/NC(=O)c2ccc(CN3CCOCC3)cc2)c(C)n1-c1ccccc1. The Bertz CT molecular complexity index is 1050. The molecule has 0 atom stereocenters. The molecule has 0 bridgehead atoms. The van der Waals surface area contributed by atoms with Crippen molar-refractivity contribution in [2.24, 2.45) is 5.10 Å². The summed E-state index contributed by atoms with van der Waals surface area (Å²) in [5.41, 5.74) is 8.70. The number of morpholine rings is 1. The predicted molar refractivity (Wildman–Crippen MR) is 123 cm³/mol. The lowest BCUT2D eigenvalue weighted by Gasteiger charge is -2.26. The van der Waals surface area contributed by atoms with Crippen molar-refractivity contribution >= 4 is 12.1 Å². The van der Waals surface area contributed by atoms with Crippen molar-refractivity contribution in [3.63, 3.8) is 0 Å². The van der Waals surface area contributed by atoms with Gasteiger partial charge in [0.25, 0.3) is 5.91 Å². The second-order valence-corrected chi connectivity index (χ2v) is 7.78. The molecule has 160 valence electrons. The molecule has 1 aromatic heterocycles. The van der Waals surface area contributed by atoms with Gasteiger partial charge in [0.1, 0.15) is 0 Å². The summed E-state index contributed by atoms with van der Waals surface area (Å²) in [5.74, 6) is -0.217. The van der Waals surface area contributed by atoms with Crippen LogP contribution < -0.4 is 5.43 Å². The Labute approximate surface area is 183 Å². The van der Waals surface area contributed by atoms with Crippen LogP contribution in [0.25, 0.3) is 5.69 Å². The van der Waals surface area contributed by atoms with Crippen molar-refractivity contribution in [2.75, 3.05) is 26.3 Å². The second kappa shape index (κ2) is 9.73. The maximum absolute atomic E-state index is 12.5. The largest absolute Gasteiger partial charge is 0.379 e. The number of hydrogen-bond acceptors (Lipinski definition) is 4. The molecule has 1 aliphatic heterocycles. The molecule has 6 heteroatoms. The standard InChI is InChI=1S/C25H28N4O2/c1-19-16-23(20(2)29(19)24-6-4-3-5-7-24)17-26-27-25(30)22-10-8-21(9-11-22)18-28-12-14-31-15-13-28/h3-11,16-17H,12-15,18H2,1-2H3,(H,27,30)/b26-17+. The van der Waals surface area contributed by atoms with Gasteiger partial charge in [-0.15, -0.1) is 0 Å². The molecule has 4 rings (SSSR count). The number of aryl methyl sites for hydroxylation is 1. The van der Waals surface area contributed by atoms with Gasteiger partial charge < -0.3 is 9.30 Å². The van der Waals surface area contributed by atoms with E-state index in [9.17, 15) is 4.79 Å². The molecule has 3 aromatic rings. The molecule has 0 aliphatic carbocycles. The molecule has 1 N–H and O–H groups in total. The molecule has 1 aliphatic rings. The number of aromatic nitrogens is 1. The molecule has 0 radical (unpaired) electrons. The molecule has 6 nitrogen and oxygen atoms in total. The number of carbonyl (C=O) groups excluding carboxylic acids is 1. The van der Waals surface area contributed by atoms with Crippen molar-refractivity contribution in [1.29, 1.82) is 0 Å². The summed E-state index contributed by atoms with van der Waals surface area (Å²) in [5, 5.41) is 4.18. The molecule has 1 fully saturated rings. The highest BCUT2D eigenvalue weighted by Crippen LogP contribution is 2.19. The molecule has 31 heavy (non-hydrogen) atoms. The van der Waals surface area contributed by atoms with Gasteiger partial charge in [0, 0.05) is 47.8 Å². The average Bonchev–Trinajstić information content (AvgIpc) is 3.08. The normalized spacial score (nSPS) is 14.8. The fraction of sp³-hybridized carbons (Fsp3) is 0.280. The smallest absolute Gasteiger partial charge is 0.271 e. The highest BCUT2D eigenvalue weighted by Gasteiger charge is 2.12. The first-order chi connectivity index (χ1) is 15.1. The minimum Gasteiger partial charge on any atom is -0.379 e. The molecule has 0 unspecified atom stereocenters. The third-order valence-electron chi connectivity index (χ3n) is 5.58. The third-order valence-corrected chi connectivity index (χ3v) is 5.58. The Kier molecular flexibility index (Phi) is 6.60. The zero-order valence-corrected chi connectivity index (χ0v) is 18.0. The maximum Gasteiger partial charge on any atom is 0.271 e. The Balaban J connectivity index is 1.37. The number of para-hydroxylation sites is 1. The van der Waals surface area contributed by atoms with Gasteiger partial charge in [-0.1, -0.05) is 30.3 Å². The number of hydrazone groups is 1. The molecular weight excluding hydrogens is 388 g/mol. The van der Waals surface area contributed by atoms with E-state index in [-0.39, 0.29) is 5.91 Å². The predicted octanol–water partition coefficient (Wildman–Crippen LogP) is 3.69. The van der Waals surface area contributed by atoms with Crippen LogP contribution in [0, 0.1) is 13.8 Å². The van der Waals surface area contributed by atoms with E-state index in [4.69, 9.17) is 4.74 Å². The van der Waals surface area contributed by atoms with Crippen molar-refractivity contribution in [1.82, 2.24) is 14.9 Å². The number of rotatable bonds is 6. The van der Waals surface area contributed by atoms with Crippen LogP contribution in [0.2, 0.25) is 0 Å². The zero-order valence-electron chi connectivity index (χ0n) is 18.0. The van der Waals surface area contributed by atoms with Gasteiger partial charge in [-0.25, -0.2) is 5.43 Å². The summed E-state index contributed by atoms with van der Waals surface area (Å²) in [6, 6.07) is 20.0. The molecular formula is C25H28N4O2. The van der Waals surface area contributed by atoms with Gasteiger partial charge in [0.2, 0.25) is 0 Å². The number of amides is 1. The Hall–Kier alpha value is -3.22. The van der Waals surface area contributed by atoms with Gasteiger partial charge in [0.15, 0.2) is 0 Å². The average molecular weight is 417 g/mol. The topological polar surface area (TPSA) is 58.9 Å². The van der Waals surface area contributed by atoms with Crippen LogP contribution in [0.15, 0.2) is 65.8 Å². The van der Waals surface area contributed by atoms with E-state index in [1.165, 1.54) is 5.56 Å². The van der Waals surface area contributed by atoms with Crippen LogP contribution in [0.5, 0.6) is 0 Å². The van der Waals surface area contributed by atoms with E-state index >= 15 is 0 Å². The second-order valence-electron chi connectivity index (χ2n) is 7.78. The van der Waals surface area contributed by atoms with E-state index < -0.39 is 0 Å². The summed E-state index contributed by atoms with van der Waals surface area (Å²) in [6.45, 7) is 8.45. The Morgan fingerprint density at radius 2 is 1.77 bits per heavy atom. The van der Waals surface area contributed by atoms with Crippen molar-refractivity contribution in [2.45, 2.75) is 20.4 Å². The lowest BCUT2D eigenvalue weighted by Crippen LogP contribution is -2.35. The summed E-state index contributed by atoms with van der Waals surface area (Å²) >= 11 is 0. The first kappa shape index (κ1) is 21.0. The minimum absolute atomic E-state index is 0.217. The van der Waals surface area contributed by atoms with Gasteiger partial charge in [-0.05, 0) is 49.7 Å². The van der Waals surface area contributed by atoms with Crippen molar-refractivity contribution in [3.05, 3.63) is 88.7 Å². The van der Waals surface area contributed by atoms with Gasteiger partial charge in [-0.3, -0.25) is 9.69 Å². The fourth-order valence-corrected chi connectivity index (χ4v) is 3.90. The summed E-state index contributed by atoms with van der Waals surface area (Å²) in [4.78, 5) is 14.8. The lowest BCUT2D eigenvalue weighted by molar-refractivity contribution is 0.0342.